The van der Waals surface area contributed by atoms with Gasteiger partial charge < -0.3 is 60.6 Å². The Morgan fingerprint density at radius 1 is 0.565 bits per heavy atom. The van der Waals surface area contributed by atoms with Crippen LogP contribution in [0.25, 0.3) is 0 Å². The molecule has 0 bridgehead atoms. The lowest BCUT2D eigenvalue weighted by atomic mass is 9.91. The van der Waals surface area contributed by atoms with Gasteiger partial charge in [0.25, 0.3) is 0 Å². The van der Waals surface area contributed by atoms with E-state index in [1.165, 1.54) is 6.92 Å². The first kappa shape index (κ1) is 60.3. The minimum Gasteiger partial charge on any atom is -0.481 e. The van der Waals surface area contributed by atoms with E-state index >= 15 is 0 Å². The third kappa shape index (κ3) is 21.1. The van der Waals surface area contributed by atoms with Crippen molar-refractivity contribution in [1.29, 1.82) is 0 Å². The van der Waals surface area contributed by atoms with Gasteiger partial charge in [0, 0.05) is 76.0 Å². The highest BCUT2D eigenvalue weighted by Crippen LogP contribution is 2.20. The number of nitrogens with one attached hydrogen (secondary N) is 2. The number of ether oxygens (including phenoxy) is 3. The number of hydrogen-bond acceptors (Lipinski definition) is 13. The lowest BCUT2D eigenvalue weighted by Crippen LogP contribution is -2.54. The molecular formula is C43H82N6O13. The standard InChI is InChI=1S/C15H28N2O4.C15H26N2O4.C10H17NO4.C2H7N.CH4O/c2*1-10(13(19)16-15(4,5)12(3)18)11(2)14(20)17-6-8-21-9-7-17;1-7(8(2)10(13)14)9(12)11-3-5-15-6-4-11;1-2-3;1-2/h10-12,18H,6-9H2,1-5H3,(H,16,19);10-11H,6-9H2,1-5H3,(H,16,19);7-8H,3-6H2,1-2H3,(H,13,14);2-3H2,1H3;2H,1H3. The van der Waals surface area contributed by atoms with Crippen molar-refractivity contribution in [3.8, 4) is 0 Å². The highest BCUT2D eigenvalue weighted by Gasteiger charge is 2.36. The number of carboxylic acids is 1. The number of aliphatic hydroxyl groups excluding tert-OH is 2. The summed E-state index contributed by atoms with van der Waals surface area (Å²) in [6.45, 7) is 29.5. The summed E-state index contributed by atoms with van der Waals surface area (Å²) >= 11 is 0. The number of nitrogens with zero attached hydrogens (tertiary/aromatic N) is 3. The van der Waals surface area contributed by atoms with E-state index in [1.54, 1.807) is 90.9 Å². The monoisotopic (exact) mass is 891 g/mol. The summed E-state index contributed by atoms with van der Waals surface area (Å²) in [6, 6.07) is 0. The molecule has 62 heavy (non-hydrogen) atoms. The van der Waals surface area contributed by atoms with Crippen molar-refractivity contribution in [3.05, 3.63) is 0 Å². The van der Waals surface area contributed by atoms with Crippen molar-refractivity contribution in [2.24, 2.45) is 41.2 Å². The highest BCUT2D eigenvalue weighted by molar-refractivity contribution is 5.93. The molecule has 0 aromatic heterocycles. The maximum Gasteiger partial charge on any atom is 0.307 e. The molecular weight excluding hydrogens is 809 g/mol. The summed E-state index contributed by atoms with van der Waals surface area (Å²) < 4.78 is 15.6. The summed E-state index contributed by atoms with van der Waals surface area (Å²) in [5.74, 6) is -4.54. The Labute approximate surface area is 370 Å². The van der Waals surface area contributed by atoms with Gasteiger partial charge >= 0.3 is 5.97 Å². The van der Waals surface area contributed by atoms with Gasteiger partial charge in [-0.2, -0.15) is 0 Å². The molecule has 3 fully saturated rings. The topological polar surface area (TPSA) is 268 Å². The zero-order valence-electron chi connectivity index (χ0n) is 40.1. The number of carbonyl (C=O) groups excluding carboxylic acids is 6. The molecule has 0 aromatic carbocycles. The van der Waals surface area contributed by atoms with Crippen LogP contribution in [0.5, 0.6) is 0 Å². The molecule has 0 aromatic rings. The van der Waals surface area contributed by atoms with E-state index in [1.807, 2.05) is 6.92 Å². The van der Waals surface area contributed by atoms with Crippen LogP contribution in [-0.4, -0.2) is 181 Å². The quantitative estimate of drug-likeness (QED) is 0.149. The lowest BCUT2D eigenvalue weighted by molar-refractivity contribution is -0.150. The molecule has 3 aliphatic rings. The highest BCUT2D eigenvalue weighted by atomic mass is 16.5. The molecule has 7 N–H and O–H groups in total. The Hall–Kier alpha value is -3.75. The van der Waals surface area contributed by atoms with Crippen LogP contribution in [0.2, 0.25) is 0 Å². The zero-order valence-corrected chi connectivity index (χ0v) is 40.1. The smallest absolute Gasteiger partial charge is 0.307 e. The Morgan fingerprint density at radius 3 is 1.06 bits per heavy atom. The van der Waals surface area contributed by atoms with Crippen molar-refractivity contribution in [1.82, 2.24) is 25.3 Å². The third-order valence-electron chi connectivity index (χ3n) is 11.4. The average Bonchev–Trinajstić information content (AvgIpc) is 3.25. The number of Topliss-reactive ketones (excluding diaryl/α,β-unsaturated/α-hetero) is 1. The Balaban J connectivity index is 0. The molecule has 3 rings (SSSR count). The number of hydrogen-bond donors (Lipinski definition) is 6. The maximum absolute atomic E-state index is 12.4. The molecule has 0 saturated carbocycles. The molecule has 0 aliphatic carbocycles. The summed E-state index contributed by atoms with van der Waals surface area (Å²) in [5.41, 5.74) is 3.22. The summed E-state index contributed by atoms with van der Waals surface area (Å²) in [6.07, 6.45) is -0.668. The average molecular weight is 891 g/mol. The van der Waals surface area contributed by atoms with Gasteiger partial charge in [0.2, 0.25) is 29.5 Å². The van der Waals surface area contributed by atoms with Gasteiger partial charge in [0.1, 0.15) is 0 Å². The van der Waals surface area contributed by atoms with Crippen LogP contribution >= 0.6 is 0 Å². The SMILES string of the molecule is CC(=O)C(C)(C)NC(=O)C(C)C(C)C(=O)N1CCOCC1.CC(C(=O)NC(C)(C)C(C)O)C(C)C(=O)N1CCOCC1.CC(C(=O)O)C(C)C(=O)N1CCOCC1.CCN.CO. The molecule has 0 spiro atoms. The Kier molecular flexibility index (Phi) is 29.5. The fourth-order valence-electron chi connectivity index (χ4n) is 5.57. The van der Waals surface area contributed by atoms with Gasteiger partial charge in [-0.1, -0.05) is 48.5 Å². The van der Waals surface area contributed by atoms with E-state index in [4.69, 9.17) is 30.2 Å². The number of amides is 5. The molecule has 3 aliphatic heterocycles. The normalized spacial score (nSPS) is 18.8. The van der Waals surface area contributed by atoms with Gasteiger partial charge in [-0.25, -0.2) is 0 Å². The molecule has 7 unspecified atom stereocenters. The van der Waals surface area contributed by atoms with Crippen molar-refractivity contribution in [2.75, 3.05) is 92.6 Å². The summed E-state index contributed by atoms with van der Waals surface area (Å²) in [4.78, 5) is 88.5. The zero-order chi connectivity index (χ0) is 48.5. The molecule has 7 atom stereocenters. The molecule has 0 radical (unpaired) electrons. The first-order valence-electron chi connectivity index (χ1n) is 21.6. The van der Waals surface area contributed by atoms with Crippen LogP contribution in [0.3, 0.4) is 0 Å². The van der Waals surface area contributed by atoms with Gasteiger partial charge in [-0.15, -0.1) is 0 Å². The van der Waals surface area contributed by atoms with Crippen LogP contribution in [-0.2, 0) is 47.8 Å². The number of carbonyl (C=O) groups is 7. The van der Waals surface area contributed by atoms with Gasteiger partial charge in [0.15, 0.2) is 5.78 Å². The van der Waals surface area contributed by atoms with E-state index in [0.717, 1.165) is 13.7 Å². The van der Waals surface area contributed by atoms with Crippen LogP contribution in [0, 0.1) is 35.5 Å². The lowest BCUT2D eigenvalue weighted by Gasteiger charge is -2.33. The third-order valence-corrected chi connectivity index (χ3v) is 11.4. The minimum absolute atomic E-state index is 0.0178. The fourth-order valence-corrected chi connectivity index (χ4v) is 5.57. The summed E-state index contributed by atoms with van der Waals surface area (Å²) in [7, 11) is 1.00. The second kappa shape index (κ2) is 30.4. The minimum atomic E-state index is -0.927. The number of rotatable bonds is 13. The van der Waals surface area contributed by atoms with Crippen LogP contribution in [0.4, 0.5) is 0 Å². The predicted molar refractivity (Wildman–Crippen MR) is 234 cm³/mol. The Bertz CT molecular complexity index is 1380. The number of aliphatic carboxylic acids is 1. The molecule has 362 valence electrons. The molecule has 19 nitrogen and oxygen atoms in total. The van der Waals surface area contributed by atoms with Crippen molar-refractivity contribution in [3.63, 3.8) is 0 Å². The van der Waals surface area contributed by atoms with E-state index in [0.29, 0.717) is 78.9 Å². The summed E-state index contributed by atoms with van der Waals surface area (Å²) in [5, 5.41) is 31.0. The number of ketones is 1. The predicted octanol–water partition coefficient (Wildman–Crippen LogP) is 0.770. The molecule has 3 saturated heterocycles. The Morgan fingerprint density at radius 2 is 0.823 bits per heavy atom. The molecule has 19 heteroatoms. The molecule has 3 heterocycles. The van der Waals surface area contributed by atoms with E-state index in [9.17, 15) is 38.7 Å². The van der Waals surface area contributed by atoms with Gasteiger partial charge in [-0.3, -0.25) is 33.6 Å². The van der Waals surface area contributed by atoms with Crippen LogP contribution < -0.4 is 16.4 Å². The number of morpholine rings is 3. The van der Waals surface area contributed by atoms with E-state index in [-0.39, 0.29) is 35.3 Å². The largest absolute Gasteiger partial charge is 0.481 e. The van der Waals surface area contributed by atoms with Gasteiger partial charge in [-0.05, 0) is 48.1 Å². The first-order valence-corrected chi connectivity index (χ1v) is 21.6. The van der Waals surface area contributed by atoms with Gasteiger partial charge in [0.05, 0.1) is 62.7 Å². The molecule has 5 amide bonds. The maximum atomic E-state index is 12.4. The fraction of sp³-hybridized carbons (Fsp3) is 0.837. The number of nitrogens with two attached hydrogens (primary N) is 1. The second-order valence-electron chi connectivity index (χ2n) is 16.8. The first-order chi connectivity index (χ1) is 28.8. The van der Waals surface area contributed by atoms with Crippen LogP contribution in [0.15, 0.2) is 0 Å². The van der Waals surface area contributed by atoms with E-state index < -0.39 is 58.7 Å². The second-order valence-corrected chi connectivity index (χ2v) is 16.8. The van der Waals surface area contributed by atoms with E-state index in [2.05, 4.69) is 10.6 Å². The van der Waals surface area contributed by atoms with Crippen molar-refractivity contribution in [2.45, 2.75) is 107 Å². The van der Waals surface area contributed by atoms with Crippen molar-refractivity contribution < 1.29 is 63.1 Å². The number of carboxylic acid groups (broad SMARTS) is 1. The van der Waals surface area contributed by atoms with Crippen LogP contribution in [0.1, 0.15) is 90.0 Å². The van der Waals surface area contributed by atoms with Crippen molar-refractivity contribution >= 4 is 41.3 Å². The number of aliphatic hydroxyl groups is 2.